The molecule has 3 heteroatoms. The molecule has 82 valence electrons. The van der Waals surface area contributed by atoms with Gasteiger partial charge in [0.2, 0.25) is 0 Å². The lowest BCUT2D eigenvalue weighted by Gasteiger charge is -2.04. The van der Waals surface area contributed by atoms with Gasteiger partial charge in [0, 0.05) is 0 Å². The lowest BCUT2D eigenvalue weighted by molar-refractivity contribution is 0.546. The van der Waals surface area contributed by atoms with E-state index in [2.05, 4.69) is 0 Å². The minimum Gasteiger partial charge on any atom is -0.330 e. The Morgan fingerprint density at radius 2 is 2.00 bits per heavy atom. The third-order valence-electron chi connectivity index (χ3n) is 3.60. The molecule has 2 N–H and O–H groups in total. The number of hydrogen-bond donors (Lipinski definition) is 1. The molecule has 15 heavy (non-hydrogen) atoms. The van der Waals surface area contributed by atoms with Crippen LogP contribution in [0.15, 0.2) is 18.2 Å². The zero-order chi connectivity index (χ0) is 11.2. The molecular weight excluding hydrogens is 196 g/mol. The summed E-state index contributed by atoms with van der Waals surface area (Å²) < 4.78 is 26.5. The number of benzene rings is 1. The first-order chi connectivity index (χ1) is 6.98. The molecule has 1 aliphatic carbocycles. The largest absolute Gasteiger partial charge is 0.330 e. The molecule has 2 atom stereocenters. The second-order valence-electron chi connectivity index (χ2n) is 4.81. The van der Waals surface area contributed by atoms with Crippen molar-refractivity contribution >= 4 is 0 Å². The molecule has 0 amide bonds. The van der Waals surface area contributed by atoms with Crippen molar-refractivity contribution in [3.05, 3.63) is 35.4 Å². The summed E-state index contributed by atoms with van der Waals surface area (Å²) in [6.45, 7) is 4.60. The van der Waals surface area contributed by atoms with Crippen LogP contribution in [0.1, 0.15) is 25.3 Å². The monoisotopic (exact) mass is 211 g/mol. The van der Waals surface area contributed by atoms with E-state index in [9.17, 15) is 8.78 Å². The van der Waals surface area contributed by atoms with E-state index in [-0.39, 0.29) is 28.9 Å². The van der Waals surface area contributed by atoms with Crippen molar-refractivity contribution in [2.45, 2.75) is 19.8 Å². The Morgan fingerprint density at radius 3 is 2.53 bits per heavy atom. The van der Waals surface area contributed by atoms with Crippen LogP contribution in [-0.2, 0) is 0 Å². The fourth-order valence-electron chi connectivity index (χ4n) is 2.55. The first kappa shape index (κ1) is 10.6. The highest BCUT2D eigenvalue weighted by Crippen LogP contribution is 2.64. The SMILES string of the molecule is CC1(C)[C@@H](CN)[C@@H]1c1cc(F)ccc1F. The van der Waals surface area contributed by atoms with Crippen molar-refractivity contribution in [1.29, 1.82) is 0 Å². The number of rotatable bonds is 2. The maximum Gasteiger partial charge on any atom is 0.126 e. The molecule has 1 aromatic rings. The van der Waals surface area contributed by atoms with Gasteiger partial charge in [0.25, 0.3) is 0 Å². The van der Waals surface area contributed by atoms with Crippen molar-refractivity contribution in [2.75, 3.05) is 6.54 Å². The van der Waals surface area contributed by atoms with Crippen molar-refractivity contribution in [3.8, 4) is 0 Å². The van der Waals surface area contributed by atoms with Gasteiger partial charge in [-0.3, -0.25) is 0 Å². The molecule has 1 saturated carbocycles. The Morgan fingerprint density at radius 1 is 1.33 bits per heavy atom. The zero-order valence-electron chi connectivity index (χ0n) is 8.93. The van der Waals surface area contributed by atoms with Gasteiger partial charge in [0.15, 0.2) is 0 Å². The summed E-state index contributed by atoms with van der Waals surface area (Å²) in [6, 6.07) is 3.62. The van der Waals surface area contributed by atoms with E-state index in [0.717, 1.165) is 6.07 Å². The second-order valence-corrected chi connectivity index (χ2v) is 4.81. The van der Waals surface area contributed by atoms with Crippen molar-refractivity contribution in [3.63, 3.8) is 0 Å². The molecular formula is C12H15F2N. The summed E-state index contributed by atoms with van der Waals surface area (Å²) in [4.78, 5) is 0. The van der Waals surface area contributed by atoms with E-state index in [0.29, 0.717) is 12.1 Å². The third-order valence-corrected chi connectivity index (χ3v) is 3.60. The molecule has 1 aromatic carbocycles. The van der Waals surface area contributed by atoms with Gasteiger partial charge in [-0.1, -0.05) is 13.8 Å². The Hall–Kier alpha value is -0.960. The van der Waals surface area contributed by atoms with Crippen LogP contribution >= 0.6 is 0 Å². The summed E-state index contributed by atoms with van der Waals surface area (Å²) >= 11 is 0. The van der Waals surface area contributed by atoms with E-state index in [4.69, 9.17) is 5.73 Å². The van der Waals surface area contributed by atoms with Gasteiger partial charge < -0.3 is 5.73 Å². The van der Waals surface area contributed by atoms with Gasteiger partial charge in [-0.05, 0) is 47.6 Å². The Kier molecular flexibility index (Phi) is 2.30. The van der Waals surface area contributed by atoms with E-state index in [1.54, 1.807) is 0 Å². The summed E-state index contributed by atoms with van der Waals surface area (Å²) in [7, 11) is 0. The lowest BCUT2D eigenvalue weighted by atomic mass is 10.0. The summed E-state index contributed by atoms with van der Waals surface area (Å²) in [6.07, 6.45) is 0. The molecule has 0 aliphatic heterocycles. The Labute approximate surface area is 88.3 Å². The molecule has 0 unspecified atom stereocenters. The lowest BCUT2D eigenvalue weighted by Crippen LogP contribution is -2.05. The van der Waals surface area contributed by atoms with Gasteiger partial charge in [-0.15, -0.1) is 0 Å². The first-order valence-corrected chi connectivity index (χ1v) is 5.13. The second kappa shape index (κ2) is 3.27. The number of hydrogen-bond acceptors (Lipinski definition) is 1. The van der Waals surface area contributed by atoms with Gasteiger partial charge in [-0.25, -0.2) is 8.78 Å². The van der Waals surface area contributed by atoms with Crippen molar-refractivity contribution in [1.82, 2.24) is 0 Å². The van der Waals surface area contributed by atoms with Crippen molar-refractivity contribution < 1.29 is 8.78 Å². The third kappa shape index (κ3) is 1.55. The van der Waals surface area contributed by atoms with Crippen LogP contribution in [0.4, 0.5) is 8.78 Å². The van der Waals surface area contributed by atoms with Gasteiger partial charge in [0.05, 0.1) is 0 Å². The van der Waals surface area contributed by atoms with Crippen LogP contribution in [-0.4, -0.2) is 6.54 Å². The standard InChI is InChI=1S/C12H15F2N/c1-12(2)9(6-15)11(12)8-5-7(13)3-4-10(8)14/h3-5,9,11H,6,15H2,1-2H3/t9-,11-/m0/s1. The van der Waals surface area contributed by atoms with Gasteiger partial charge in [0.1, 0.15) is 11.6 Å². The zero-order valence-corrected chi connectivity index (χ0v) is 8.93. The maximum atomic E-state index is 13.5. The van der Waals surface area contributed by atoms with Crippen LogP contribution in [0, 0.1) is 23.0 Å². The maximum absolute atomic E-state index is 13.5. The highest BCUT2D eigenvalue weighted by molar-refractivity contribution is 5.33. The van der Waals surface area contributed by atoms with Crippen LogP contribution < -0.4 is 5.73 Å². The molecule has 1 nitrogen and oxygen atoms in total. The molecule has 0 saturated heterocycles. The van der Waals surface area contributed by atoms with E-state index < -0.39 is 0 Å². The predicted molar refractivity (Wildman–Crippen MR) is 55.4 cm³/mol. The van der Waals surface area contributed by atoms with E-state index in [1.165, 1.54) is 12.1 Å². The Bertz CT molecular complexity index is 387. The van der Waals surface area contributed by atoms with E-state index in [1.807, 2.05) is 13.8 Å². The molecule has 0 heterocycles. The molecule has 0 aromatic heterocycles. The van der Waals surface area contributed by atoms with Gasteiger partial charge >= 0.3 is 0 Å². The average Bonchev–Trinajstić information content (AvgIpc) is 2.72. The molecule has 1 aliphatic rings. The number of nitrogens with two attached hydrogens (primary N) is 1. The van der Waals surface area contributed by atoms with Crippen LogP contribution in [0.3, 0.4) is 0 Å². The fourth-order valence-corrected chi connectivity index (χ4v) is 2.55. The molecule has 0 bridgehead atoms. The highest BCUT2D eigenvalue weighted by atomic mass is 19.1. The molecule has 2 rings (SSSR count). The summed E-state index contributed by atoms with van der Waals surface area (Å²) in [5.41, 5.74) is 6.07. The molecule has 1 fully saturated rings. The summed E-state index contributed by atoms with van der Waals surface area (Å²) in [5, 5.41) is 0. The minimum atomic E-state index is -0.384. The fraction of sp³-hybridized carbons (Fsp3) is 0.500. The van der Waals surface area contributed by atoms with Crippen LogP contribution in [0.5, 0.6) is 0 Å². The molecule has 0 spiro atoms. The van der Waals surface area contributed by atoms with Crippen LogP contribution in [0.25, 0.3) is 0 Å². The first-order valence-electron chi connectivity index (χ1n) is 5.13. The predicted octanol–water partition coefficient (Wildman–Crippen LogP) is 2.66. The average molecular weight is 211 g/mol. The van der Waals surface area contributed by atoms with Gasteiger partial charge in [-0.2, -0.15) is 0 Å². The smallest absolute Gasteiger partial charge is 0.126 e. The van der Waals surface area contributed by atoms with Crippen LogP contribution in [0.2, 0.25) is 0 Å². The normalized spacial score (nSPS) is 27.8. The van der Waals surface area contributed by atoms with E-state index >= 15 is 0 Å². The number of halogens is 2. The summed E-state index contributed by atoms with van der Waals surface area (Å²) in [5.74, 6) is -0.401. The Balaban J connectivity index is 2.36. The molecule has 0 radical (unpaired) electrons. The quantitative estimate of drug-likeness (QED) is 0.799. The van der Waals surface area contributed by atoms with Crippen molar-refractivity contribution in [2.24, 2.45) is 17.1 Å². The minimum absolute atomic E-state index is 0.0105. The topological polar surface area (TPSA) is 26.0 Å². The highest BCUT2D eigenvalue weighted by Gasteiger charge is 2.58.